The predicted octanol–water partition coefficient (Wildman–Crippen LogP) is 1.59. The van der Waals surface area contributed by atoms with E-state index in [1.54, 1.807) is 0 Å². The van der Waals surface area contributed by atoms with Crippen LogP contribution < -0.4 is 5.32 Å². The predicted molar refractivity (Wildman–Crippen MR) is 36.5 cm³/mol. The first-order chi connectivity index (χ1) is 4.88. The molecule has 0 radical (unpaired) electrons. The van der Waals surface area contributed by atoms with Gasteiger partial charge < -0.3 is 5.32 Å². The summed E-state index contributed by atoms with van der Waals surface area (Å²) in [5.74, 6) is -3.20. The van der Waals surface area contributed by atoms with Crippen LogP contribution in [0.15, 0.2) is 0 Å². The molecule has 1 saturated heterocycles. The number of halogens is 3. The number of nitrogens with one attached hydrogen (secondary N) is 1. The van der Waals surface area contributed by atoms with E-state index in [-0.39, 0.29) is 13.1 Å². The summed E-state index contributed by atoms with van der Waals surface area (Å²) in [5, 5.41) is 2.63. The highest BCUT2D eigenvalue weighted by atomic mass is 19.3. The van der Waals surface area contributed by atoms with Crippen molar-refractivity contribution in [2.45, 2.75) is 25.9 Å². The molecule has 0 aromatic rings. The molecular weight excluding hydrogens is 155 g/mol. The summed E-state index contributed by atoms with van der Waals surface area (Å²) in [5.41, 5.74) is -1.27. The van der Waals surface area contributed by atoms with E-state index in [1.807, 2.05) is 0 Å². The van der Waals surface area contributed by atoms with Gasteiger partial charge in [-0.2, -0.15) is 0 Å². The molecule has 1 atom stereocenters. The Balaban J connectivity index is 2.82. The SMILES string of the molecule is CC1(C)CNCC(F)C1(F)F. The molecule has 4 heteroatoms. The number of hydrogen-bond acceptors (Lipinski definition) is 1. The second-order valence-corrected chi connectivity index (χ2v) is 3.61. The summed E-state index contributed by atoms with van der Waals surface area (Å²) in [4.78, 5) is 0. The van der Waals surface area contributed by atoms with Crippen LogP contribution in [0.2, 0.25) is 0 Å². The Morgan fingerprint density at radius 3 is 2.27 bits per heavy atom. The topological polar surface area (TPSA) is 12.0 Å². The molecule has 66 valence electrons. The first kappa shape index (κ1) is 8.84. The van der Waals surface area contributed by atoms with E-state index in [0.717, 1.165) is 0 Å². The smallest absolute Gasteiger partial charge is 0.286 e. The fraction of sp³-hybridized carbons (Fsp3) is 1.00. The maximum Gasteiger partial charge on any atom is 0.286 e. The lowest BCUT2D eigenvalue weighted by Gasteiger charge is -2.40. The van der Waals surface area contributed by atoms with Gasteiger partial charge in [0.05, 0.1) is 0 Å². The summed E-state index contributed by atoms with van der Waals surface area (Å²) in [6, 6.07) is 0. The van der Waals surface area contributed by atoms with Crippen LogP contribution >= 0.6 is 0 Å². The average Bonchev–Trinajstić information content (AvgIpc) is 1.84. The normalized spacial score (nSPS) is 35.2. The maximum absolute atomic E-state index is 13.0. The van der Waals surface area contributed by atoms with E-state index in [2.05, 4.69) is 5.32 Å². The molecule has 0 aromatic carbocycles. The van der Waals surface area contributed by atoms with Crippen molar-refractivity contribution in [3.63, 3.8) is 0 Å². The molecule has 1 unspecified atom stereocenters. The monoisotopic (exact) mass is 167 g/mol. The van der Waals surface area contributed by atoms with Gasteiger partial charge in [-0.25, -0.2) is 13.2 Å². The second-order valence-electron chi connectivity index (χ2n) is 3.61. The van der Waals surface area contributed by atoms with Crippen molar-refractivity contribution in [3.8, 4) is 0 Å². The zero-order valence-corrected chi connectivity index (χ0v) is 6.63. The molecule has 1 aliphatic heterocycles. The molecular formula is C7H12F3N. The Bertz CT molecular complexity index is 156. The summed E-state index contributed by atoms with van der Waals surface area (Å²) >= 11 is 0. The molecule has 1 N–H and O–H groups in total. The number of rotatable bonds is 0. The van der Waals surface area contributed by atoms with Crippen molar-refractivity contribution in [1.29, 1.82) is 0 Å². The van der Waals surface area contributed by atoms with Gasteiger partial charge in [0.1, 0.15) is 0 Å². The lowest BCUT2D eigenvalue weighted by atomic mass is 9.80. The zero-order chi connectivity index (χ0) is 8.70. The Morgan fingerprint density at radius 1 is 1.36 bits per heavy atom. The lowest BCUT2D eigenvalue weighted by molar-refractivity contribution is -0.170. The van der Waals surface area contributed by atoms with Crippen LogP contribution in [0.25, 0.3) is 0 Å². The summed E-state index contributed by atoms with van der Waals surface area (Å²) in [6.45, 7) is 2.66. The van der Waals surface area contributed by atoms with Gasteiger partial charge in [-0.3, -0.25) is 0 Å². The van der Waals surface area contributed by atoms with Crippen molar-refractivity contribution >= 4 is 0 Å². The molecule has 1 aliphatic rings. The molecule has 0 saturated carbocycles. The Morgan fingerprint density at radius 2 is 1.91 bits per heavy atom. The minimum Gasteiger partial charge on any atom is -0.313 e. The Labute approximate surface area is 64.0 Å². The van der Waals surface area contributed by atoms with Crippen LogP contribution in [0.5, 0.6) is 0 Å². The maximum atomic E-state index is 13.0. The number of hydrogen-bond donors (Lipinski definition) is 1. The largest absolute Gasteiger partial charge is 0.313 e. The van der Waals surface area contributed by atoms with E-state index in [1.165, 1.54) is 13.8 Å². The van der Waals surface area contributed by atoms with Crippen molar-refractivity contribution in [1.82, 2.24) is 5.32 Å². The van der Waals surface area contributed by atoms with Gasteiger partial charge >= 0.3 is 0 Å². The summed E-state index contributed by atoms with van der Waals surface area (Å²) in [6.07, 6.45) is -2.05. The molecule has 0 bridgehead atoms. The first-order valence-electron chi connectivity index (χ1n) is 3.60. The van der Waals surface area contributed by atoms with Crippen molar-refractivity contribution < 1.29 is 13.2 Å². The van der Waals surface area contributed by atoms with Crippen LogP contribution in [0.1, 0.15) is 13.8 Å². The fourth-order valence-corrected chi connectivity index (χ4v) is 1.18. The lowest BCUT2D eigenvalue weighted by Crippen LogP contribution is -2.58. The zero-order valence-electron chi connectivity index (χ0n) is 6.63. The van der Waals surface area contributed by atoms with Gasteiger partial charge in [-0.05, 0) is 0 Å². The Hall–Kier alpha value is -0.250. The van der Waals surface area contributed by atoms with E-state index in [4.69, 9.17) is 0 Å². The van der Waals surface area contributed by atoms with Crippen LogP contribution in [-0.4, -0.2) is 25.2 Å². The highest BCUT2D eigenvalue weighted by Crippen LogP contribution is 2.41. The van der Waals surface area contributed by atoms with E-state index < -0.39 is 17.5 Å². The third-order valence-corrected chi connectivity index (χ3v) is 2.19. The first-order valence-corrected chi connectivity index (χ1v) is 3.60. The molecule has 11 heavy (non-hydrogen) atoms. The minimum absolute atomic E-state index is 0.167. The molecule has 0 aliphatic carbocycles. The van der Waals surface area contributed by atoms with Gasteiger partial charge in [0.2, 0.25) is 0 Å². The molecule has 0 amide bonds. The molecule has 1 rings (SSSR count). The minimum atomic E-state index is -3.20. The van der Waals surface area contributed by atoms with Crippen LogP contribution in [0.4, 0.5) is 13.2 Å². The average molecular weight is 167 g/mol. The molecule has 0 spiro atoms. The van der Waals surface area contributed by atoms with Gasteiger partial charge in [-0.15, -0.1) is 0 Å². The van der Waals surface area contributed by atoms with Crippen LogP contribution in [-0.2, 0) is 0 Å². The third kappa shape index (κ3) is 1.24. The second kappa shape index (κ2) is 2.37. The molecule has 0 aromatic heterocycles. The van der Waals surface area contributed by atoms with Crippen molar-refractivity contribution in [3.05, 3.63) is 0 Å². The van der Waals surface area contributed by atoms with E-state index in [0.29, 0.717) is 0 Å². The van der Waals surface area contributed by atoms with Gasteiger partial charge in [0.25, 0.3) is 5.92 Å². The fourth-order valence-electron chi connectivity index (χ4n) is 1.18. The highest BCUT2D eigenvalue weighted by Gasteiger charge is 2.55. The van der Waals surface area contributed by atoms with Gasteiger partial charge in [0.15, 0.2) is 6.17 Å². The summed E-state index contributed by atoms with van der Waals surface area (Å²) < 4.78 is 38.6. The van der Waals surface area contributed by atoms with Crippen molar-refractivity contribution in [2.75, 3.05) is 13.1 Å². The molecule has 1 fully saturated rings. The highest BCUT2D eigenvalue weighted by molar-refractivity contribution is 4.97. The van der Waals surface area contributed by atoms with Gasteiger partial charge in [0, 0.05) is 18.5 Å². The van der Waals surface area contributed by atoms with E-state index >= 15 is 0 Å². The standard InChI is InChI=1S/C7H12F3N/c1-6(2)4-11-3-5(8)7(6,9)10/h5,11H,3-4H2,1-2H3. The number of piperidine rings is 1. The molecule has 1 heterocycles. The number of alkyl halides is 3. The summed E-state index contributed by atoms with van der Waals surface area (Å²) in [7, 11) is 0. The Kier molecular flexibility index (Phi) is 1.90. The van der Waals surface area contributed by atoms with Crippen LogP contribution in [0.3, 0.4) is 0 Å². The molecule has 1 nitrogen and oxygen atoms in total. The third-order valence-electron chi connectivity index (χ3n) is 2.19. The van der Waals surface area contributed by atoms with Gasteiger partial charge in [-0.1, -0.05) is 13.8 Å². The quantitative estimate of drug-likeness (QED) is 0.577. The van der Waals surface area contributed by atoms with E-state index in [9.17, 15) is 13.2 Å². The van der Waals surface area contributed by atoms with Crippen molar-refractivity contribution in [2.24, 2.45) is 5.41 Å². The van der Waals surface area contributed by atoms with Crippen LogP contribution in [0, 0.1) is 5.41 Å².